The SMILES string of the molecule is C[C@H]1CCc2c(cnn2C)-c2[nH]c(=O)c(C(=O)O)c(O)c21. The van der Waals surface area contributed by atoms with Crippen molar-refractivity contribution in [3.8, 4) is 17.0 Å². The fraction of sp³-hybridized carbons (Fsp3) is 0.357. The number of H-pyrrole nitrogens is 1. The molecule has 2 aromatic heterocycles. The number of aromatic amines is 1. The Labute approximate surface area is 119 Å². The Morgan fingerprint density at radius 2 is 2.24 bits per heavy atom. The summed E-state index contributed by atoms with van der Waals surface area (Å²) in [5.41, 5.74) is 1.23. The van der Waals surface area contributed by atoms with Gasteiger partial charge in [0, 0.05) is 23.9 Å². The lowest BCUT2D eigenvalue weighted by atomic mass is 9.94. The molecule has 0 spiro atoms. The molecule has 0 fully saturated rings. The van der Waals surface area contributed by atoms with Gasteiger partial charge >= 0.3 is 5.97 Å². The monoisotopic (exact) mass is 289 g/mol. The summed E-state index contributed by atoms with van der Waals surface area (Å²) in [6.07, 6.45) is 3.10. The van der Waals surface area contributed by atoms with Gasteiger partial charge in [-0.05, 0) is 18.8 Å². The zero-order valence-corrected chi connectivity index (χ0v) is 11.7. The number of aromatic hydroxyl groups is 1. The van der Waals surface area contributed by atoms with Crippen LogP contribution in [0.2, 0.25) is 0 Å². The summed E-state index contributed by atoms with van der Waals surface area (Å²) in [6.45, 7) is 1.90. The van der Waals surface area contributed by atoms with Crippen molar-refractivity contribution < 1.29 is 15.0 Å². The van der Waals surface area contributed by atoms with Crippen molar-refractivity contribution >= 4 is 5.97 Å². The van der Waals surface area contributed by atoms with Crippen molar-refractivity contribution in [1.82, 2.24) is 14.8 Å². The molecule has 21 heavy (non-hydrogen) atoms. The van der Waals surface area contributed by atoms with Gasteiger partial charge in [-0.15, -0.1) is 0 Å². The number of hydrogen-bond acceptors (Lipinski definition) is 4. The Balaban J connectivity index is 2.40. The van der Waals surface area contributed by atoms with Crippen LogP contribution >= 0.6 is 0 Å². The first kappa shape index (κ1) is 13.4. The molecular weight excluding hydrogens is 274 g/mol. The summed E-state index contributed by atoms with van der Waals surface area (Å²) >= 11 is 0. The average molecular weight is 289 g/mol. The van der Waals surface area contributed by atoms with Crippen molar-refractivity contribution in [2.24, 2.45) is 7.05 Å². The first-order valence-corrected chi connectivity index (χ1v) is 6.65. The lowest BCUT2D eigenvalue weighted by Gasteiger charge is -2.15. The Hall–Kier alpha value is -2.57. The maximum atomic E-state index is 12.0. The number of aryl methyl sites for hydroxylation is 1. The standard InChI is InChI=1S/C14H15N3O4/c1-6-3-4-8-7(5-15-17(8)2)11-9(6)12(18)10(14(20)21)13(19)16-11/h5-6H,3-4H2,1-2H3,(H,20,21)(H2,16,18,19)/t6-/m0/s1. The minimum absolute atomic E-state index is 0.0673. The predicted molar refractivity (Wildman–Crippen MR) is 74.6 cm³/mol. The smallest absolute Gasteiger partial charge is 0.345 e. The number of aromatic carboxylic acids is 1. The molecule has 0 amide bonds. The van der Waals surface area contributed by atoms with Gasteiger partial charge in [-0.3, -0.25) is 9.48 Å². The van der Waals surface area contributed by atoms with E-state index in [0.717, 1.165) is 24.1 Å². The molecule has 0 bridgehead atoms. The molecule has 0 unspecified atom stereocenters. The first-order chi connectivity index (χ1) is 9.91. The molecule has 3 N–H and O–H groups in total. The minimum Gasteiger partial charge on any atom is -0.506 e. The number of hydrogen-bond donors (Lipinski definition) is 3. The summed E-state index contributed by atoms with van der Waals surface area (Å²) < 4.78 is 1.73. The number of nitrogens with one attached hydrogen (secondary N) is 1. The number of pyridine rings is 1. The third-order valence-corrected chi connectivity index (χ3v) is 4.08. The van der Waals surface area contributed by atoms with Gasteiger partial charge in [0.1, 0.15) is 5.75 Å². The van der Waals surface area contributed by atoms with Crippen LogP contribution in [0.4, 0.5) is 0 Å². The summed E-state index contributed by atoms with van der Waals surface area (Å²) in [7, 11) is 1.82. The highest BCUT2D eigenvalue weighted by molar-refractivity contribution is 5.92. The Bertz CT molecular complexity index is 803. The van der Waals surface area contributed by atoms with Crippen LogP contribution < -0.4 is 5.56 Å². The average Bonchev–Trinajstić information content (AvgIpc) is 2.68. The Morgan fingerprint density at radius 3 is 2.90 bits per heavy atom. The van der Waals surface area contributed by atoms with E-state index < -0.39 is 22.8 Å². The molecule has 7 nitrogen and oxygen atoms in total. The maximum absolute atomic E-state index is 12.0. The van der Waals surface area contributed by atoms with Gasteiger partial charge < -0.3 is 15.2 Å². The van der Waals surface area contributed by atoms with Crippen LogP contribution in [-0.2, 0) is 13.5 Å². The molecule has 1 atom stereocenters. The normalized spacial score (nSPS) is 17.0. The number of aromatic nitrogens is 3. The molecular formula is C14H15N3O4. The molecule has 1 aliphatic carbocycles. The van der Waals surface area contributed by atoms with Gasteiger partial charge in [0.2, 0.25) is 0 Å². The zero-order valence-electron chi connectivity index (χ0n) is 11.7. The van der Waals surface area contributed by atoms with Crippen LogP contribution in [0.5, 0.6) is 5.75 Å². The maximum Gasteiger partial charge on any atom is 0.345 e. The van der Waals surface area contributed by atoms with Gasteiger partial charge in [0.05, 0.1) is 11.9 Å². The highest BCUT2D eigenvalue weighted by atomic mass is 16.4. The van der Waals surface area contributed by atoms with E-state index in [1.165, 1.54) is 0 Å². The summed E-state index contributed by atoms with van der Waals surface area (Å²) in [6, 6.07) is 0. The van der Waals surface area contributed by atoms with Crippen LogP contribution in [0, 0.1) is 0 Å². The molecule has 3 rings (SSSR count). The van der Waals surface area contributed by atoms with E-state index in [1.54, 1.807) is 10.9 Å². The van der Waals surface area contributed by atoms with Crippen LogP contribution in [0.3, 0.4) is 0 Å². The number of nitrogens with zero attached hydrogens (tertiary/aromatic N) is 2. The molecule has 1 aliphatic rings. The fourth-order valence-electron chi connectivity index (χ4n) is 2.96. The van der Waals surface area contributed by atoms with E-state index >= 15 is 0 Å². The lowest BCUT2D eigenvalue weighted by molar-refractivity contribution is 0.0691. The minimum atomic E-state index is -1.43. The second kappa shape index (κ2) is 4.47. The van der Waals surface area contributed by atoms with Gasteiger partial charge in [-0.2, -0.15) is 5.10 Å². The number of carbonyl (C=O) groups is 1. The zero-order chi connectivity index (χ0) is 15.3. The number of carboxylic acid groups (broad SMARTS) is 1. The topological polar surface area (TPSA) is 108 Å². The van der Waals surface area contributed by atoms with Crippen LogP contribution in [0.1, 0.15) is 40.9 Å². The highest BCUT2D eigenvalue weighted by Crippen LogP contribution is 2.41. The quantitative estimate of drug-likeness (QED) is 0.731. The van der Waals surface area contributed by atoms with E-state index in [1.807, 2.05) is 14.0 Å². The number of carboxylic acids is 1. The number of rotatable bonds is 1. The first-order valence-electron chi connectivity index (χ1n) is 6.65. The summed E-state index contributed by atoms with van der Waals surface area (Å²) in [5.74, 6) is -1.94. The van der Waals surface area contributed by atoms with Crippen molar-refractivity contribution in [3.63, 3.8) is 0 Å². The molecule has 0 radical (unpaired) electrons. The predicted octanol–water partition coefficient (Wildman–Crippen LogP) is 1.23. The van der Waals surface area contributed by atoms with Gasteiger partial charge in [0.25, 0.3) is 5.56 Å². The highest BCUT2D eigenvalue weighted by Gasteiger charge is 2.30. The van der Waals surface area contributed by atoms with E-state index in [0.29, 0.717) is 11.3 Å². The van der Waals surface area contributed by atoms with E-state index in [9.17, 15) is 14.7 Å². The Kier molecular flexibility index (Phi) is 2.86. The Morgan fingerprint density at radius 1 is 1.52 bits per heavy atom. The second-order valence-electron chi connectivity index (χ2n) is 5.34. The van der Waals surface area contributed by atoms with Gasteiger partial charge in [-0.1, -0.05) is 6.92 Å². The van der Waals surface area contributed by atoms with Gasteiger partial charge in [0.15, 0.2) is 5.56 Å². The molecule has 110 valence electrons. The molecule has 0 saturated carbocycles. The lowest BCUT2D eigenvalue weighted by Crippen LogP contribution is -2.20. The molecule has 2 aromatic rings. The molecule has 2 heterocycles. The third-order valence-electron chi connectivity index (χ3n) is 4.08. The van der Waals surface area contributed by atoms with E-state index in [4.69, 9.17) is 5.11 Å². The van der Waals surface area contributed by atoms with Crippen LogP contribution in [0.25, 0.3) is 11.3 Å². The summed E-state index contributed by atoms with van der Waals surface area (Å²) in [5, 5.41) is 23.6. The van der Waals surface area contributed by atoms with Crippen molar-refractivity contribution in [1.29, 1.82) is 0 Å². The second-order valence-corrected chi connectivity index (χ2v) is 5.34. The molecule has 0 saturated heterocycles. The third kappa shape index (κ3) is 1.84. The van der Waals surface area contributed by atoms with Crippen LogP contribution in [-0.4, -0.2) is 30.9 Å². The van der Waals surface area contributed by atoms with Gasteiger partial charge in [-0.25, -0.2) is 4.79 Å². The number of fused-ring (bicyclic) bond motifs is 3. The van der Waals surface area contributed by atoms with Crippen molar-refractivity contribution in [3.05, 3.63) is 33.4 Å². The summed E-state index contributed by atoms with van der Waals surface area (Å²) in [4.78, 5) is 25.7. The molecule has 0 aliphatic heterocycles. The van der Waals surface area contributed by atoms with E-state index in [2.05, 4.69) is 10.1 Å². The van der Waals surface area contributed by atoms with Crippen molar-refractivity contribution in [2.75, 3.05) is 0 Å². The van der Waals surface area contributed by atoms with Crippen LogP contribution in [0.15, 0.2) is 11.0 Å². The largest absolute Gasteiger partial charge is 0.506 e. The molecule has 0 aromatic carbocycles. The van der Waals surface area contributed by atoms with E-state index in [-0.39, 0.29) is 5.92 Å². The van der Waals surface area contributed by atoms with Crippen molar-refractivity contribution in [2.45, 2.75) is 25.7 Å². The molecule has 7 heteroatoms. The fourth-order valence-corrected chi connectivity index (χ4v) is 2.96.